The van der Waals surface area contributed by atoms with Gasteiger partial charge >= 0.3 is 12.0 Å². The van der Waals surface area contributed by atoms with E-state index in [1.807, 2.05) is 6.92 Å². The molecule has 1 rings (SSSR count). The molecule has 0 aromatic heterocycles. The van der Waals surface area contributed by atoms with E-state index in [-0.39, 0.29) is 11.6 Å². The molecule has 0 radical (unpaired) electrons. The normalized spacial score (nSPS) is 26.6. The molecule has 1 heterocycles. The highest BCUT2D eigenvalue weighted by atomic mass is 16.5. The molecule has 0 aromatic rings. The molecule has 6 nitrogen and oxygen atoms in total. The summed E-state index contributed by atoms with van der Waals surface area (Å²) in [6.45, 7) is 6.33. The number of nitrogens with one attached hydrogen (secondary N) is 1. The molecule has 1 aliphatic heterocycles. The van der Waals surface area contributed by atoms with Gasteiger partial charge in [0.2, 0.25) is 0 Å². The second-order valence-corrected chi connectivity index (χ2v) is 5.60. The van der Waals surface area contributed by atoms with Gasteiger partial charge < -0.3 is 20.1 Å². The van der Waals surface area contributed by atoms with E-state index in [1.54, 1.807) is 18.9 Å². The van der Waals surface area contributed by atoms with Crippen molar-refractivity contribution in [3.8, 4) is 0 Å². The van der Waals surface area contributed by atoms with Crippen LogP contribution < -0.4 is 5.32 Å². The first-order valence-corrected chi connectivity index (χ1v) is 6.62. The molecule has 0 spiro atoms. The number of carbonyl (C=O) groups is 2. The van der Waals surface area contributed by atoms with Gasteiger partial charge in [-0.3, -0.25) is 0 Å². The van der Waals surface area contributed by atoms with Crippen molar-refractivity contribution < 1.29 is 19.4 Å². The monoisotopic (exact) mass is 272 g/mol. The number of nitrogens with zero attached hydrogens (tertiary/aromatic N) is 1. The van der Waals surface area contributed by atoms with Crippen LogP contribution in [0.5, 0.6) is 0 Å². The van der Waals surface area contributed by atoms with Crippen molar-refractivity contribution >= 4 is 12.0 Å². The molecule has 6 heteroatoms. The molecule has 2 N–H and O–H groups in total. The van der Waals surface area contributed by atoms with E-state index in [0.717, 1.165) is 12.8 Å². The lowest BCUT2D eigenvalue weighted by atomic mass is 9.94. The third-order valence-electron chi connectivity index (χ3n) is 4.00. The van der Waals surface area contributed by atoms with Gasteiger partial charge in [-0.2, -0.15) is 0 Å². The quantitative estimate of drug-likeness (QED) is 0.812. The maximum atomic E-state index is 12.2. The summed E-state index contributed by atoms with van der Waals surface area (Å²) in [5.74, 6) is -1.02. The molecule has 19 heavy (non-hydrogen) atoms. The van der Waals surface area contributed by atoms with Gasteiger partial charge in [0.1, 0.15) is 5.54 Å². The van der Waals surface area contributed by atoms with E-state index in [4.69, 9.17) is 4.74 Å². The number of hydrogen-bond acceptors (Lipinski definition) is 3. The Morgan fingerprint density at radius 1 is 1.53 bits per heavy atom. The fourth-order valence-electron chi connectivity index (χ4n) is 2.15. The first-order valence-electron chi connectivity index (χ1n) is 6.62. The number of hydrogen-bond donors (Lipinski definition) is 2. The van der Waals surface area contributed by atoms with Gasteiger partial charge in [-0.05, 0) is 33.1 Å². The Labute approximate surface area is 114 Å². The van der Waals surface area contributed by atoms with Crippen molar-refractivity contribution in [3.63, 3.8) is 0 Å². The average molecular weight is 272 g/mol. The number of aliphatic carboxylic acids is 1. The first-order chi connectivity index (χ1) is 8.76. The smallest absolute Gasteiger partial charge is 0.329 e. The standard InChI is InChI=1S/C13H24N2O4/c1-5-13(3,10(16)17)14-11(18)15-8-6-7-12(2,9-15)19-4/h5-9H2,1-4H3,(H,14,18)(H,16,17). The number of carbonyl (C=O) groups excluding carboxylic acids is 1. The lowest BCUT2D eigenvalue weighted by Gasteiger charge is -2.40. The number of piperidine rings is 1. The van der Waals surface area contributed by atoms with E-state index in [9.17, 15) is 14.7 Å². The van der Waals surface area contributed by atoms with Gasteiger partial charge in [-0.1, -0.05) is 6.92 Å². The maximum absolute atomic E-state index is 12.2. The Kier molecular flexibility index (Phi) is 4.79. The van der Waals surface area contributed by atoms with E-state index in [1.165, 1.54) is 6.92 Å². The zero-order valence-electron chi connectivity index (χ0n) is 12.2. The first kappa shape index (κ1) is 15.8. The number of methoxy groups -OCH3 is 1. The summed E-state index contributed by atoms with van der Waals surface area (Å²) >= 11 is 0. The van der Waals surface area contributed by atoms with Gasteiger partial charge in [0.05, 0.1) is 12.1 Å². The minimum atomic E-state index is -1.22. The Morgan fingerprint density at radius 3 is 2.63 bits per heavy atom. The van der Waals surface area contributed by atoms with Crippen LogP contribution in [0.1, 0.15) is 40.0 Å². The Hall–Kier alpha value is -1.30. The van der Waals surface area contributed by atoms with Crippen molar-refractivity contribution in [2.24, 2.45) is 0 Å². The highest BCUT2D eigenvalue weighted by Crippen LogP contribution is 2.24. The molecule has 2 unspecified atom stereocenters. The van der Waals surface area contributed by atoms with E-state index in [0.29, 0.717) is 19.5 Å². The summed E-state index contributed by atoms with van der Waals surface area (Å²) < 4.78 is 5.42. The summed E-state index contributed by atoms with van der Waals surface area (Å²) in [4.78, 5) is 25.0. The molecule has 2 amide bonds. The molecule has 110 valence electrons. The Morgan fingerprint density at radius 2 is 2.16 bits per heavy atom. The lowest BCUT2D eigenvalue weighted by Crippen LogP contribution is -2.59. The van der Waals surface area contributed by atoms with Crippen molar-refractivity contribution in [1.82, 2.24) is 10.2 Å². The number of urea groups is 1. The van der Waals surface area contributed by atoms with Gasteiger partial charge in [-0.15, -0.1) is 0 Å². The van der Waals surface area contributed by atoms with Crippen molar-refractivity contribution in [3.05, 3.63) is 0 Å². The van der Waals surface area contributed by atoms with Crippen LogP contribution in [-0.4, -0.2) is 53.3 Å². The largest absolute Gasteiger partial charge is 0.480 e. The number of ether oxygens (including phenoxy) is 1. The third-order valence-corrected chi connectivity index (χ3v) is 4.00. The summed E-state index contributed by atoms with van der Waals surface area (Å²) in [5, 5.41) is 11.8. The van der Waals surface area contributed by atoms with E-state index < -0.39 is 11.5 Å². The zero-order chi connectivity index (χ0) is 14.7. The van der Waals surface area contributed by atoms with E-state index >= 15 is 0 Å². The predicted octanol–water partition coefficient (Wildman–Crippen LogP) is 1.45. The van der Waals surface area contributed by atoms with Gasteiger partial charge in [-0.25, -0.2) is 9.59 Å². The van der Waals surface area contributed by atoms with E-state index in [2.05, 4.69) is 5.32 Å². The second kappa shape index (κ2) is 5.77. The average Bonchev–Trinajstić information content (AvgIpc) is 2.38. The SMILES string of the molecule is CCC(C)(NC(=O)N1CCCC(C)(OC)C1)C(=O)O. The van der Waals surface area contributed by atoms with Crippen LogP contribution in [0, 0.1) is 0 Å². The van der Waals surface area contributed by atoms with Gasteiger partial charge in [0, 0.05) is 13.7 Å². The van der Waals surface area contributed by atoms with Crippen LogP contribution in [0.4, 0.5) is 4.79 Å². The van der Waals surface area contributed by atoms with Crippen LogP contribution >= 0.6 is 0 Å². The zero-order valence-corrected chi connectivity index (χ0v) is 12.2. The number of rotatable bonds is 4. The number of likely N-dealkylation sites (tertiary alicyclic amines) is 1. The minimum absolute atomic E-state index is 0.337. The summed E-state index contributed by atoms with van der Waals surface area (Å²) in [6.07, 6.45) is 2.09. The summed E-state index contributed by atoms with van der Waals surface area (Å²) in [6, 6.07) is -0.338. The van der Waals surface area contributed by atoms with Crippen molar-refractivity contribution in [2.45, 2.75) is 51.2 Å². The number of carboxylic acids is 1. The fraction of sp³-hybridized carbons (Fsp3) is 0.846. The van der Waals surface area contributed by atoms with Gasteiger partial charge in [0.15, 0.2) is 0 Å². The highest BCUT2D eigenvalue weighted by Gasteiger charge is 2.37. The molecule has 0 saturated carbocycles. The van der Waals surface area contributed by atoms with Crippen molar-refractivity contribution in [2.75, 3.05) is 20.2 Å². The number of carboxylic acid groups (broad SMARTS) is 1. The molecular weight excluding hydrogens is 248 g/mol. The molecule has 0 aromatic carbocycles. The molecule has 1 aliphatic rings. The number of amides is 2. The molecular formula is C13H24N2O4. The molecule has 0 aliphatic carbocycles. The van der Waals surface area contributed by atoms with Crippen LogP contribution in [0.3, 0.4) is 0 Å². The third kappa shape index (κ3) is 3.59. The highest BCUT2D eigenvalue weighted by molar-refractivity contribution is 5.85. The molecule has 2 atom stereocenters. The van der Waals surface area contributed by atoms with Crippen LogP contribution in [0.15, 0.2) is 0 Å². The van der Waals surface area contributed by atoms with Crippen LogP contribution in [0.2, 0.25) is 0 Å². The maximum Gasteiger partial charge on any atom is 0.329 e. The Bertz CT molecular complexity index is 361. The van der Waals surface area contributed by atoms with Crippen LogP contribution in [-0.2, 0) is 9.53 Å². The van der Waals surface area contributed by atoms with Gasteiger partial charge in [0.25, 0.3) is 0 Å². The van der Waals surface area contributed by atoms with Crippen molar-refractivity contribution in [1.29, 1.82) is 0 Å². The summed E-state index contributed by atoms with van der Waals surface area (Å²) in [5.41, 5.74) is -1.57. The van der Waals surface area contributed by atoms with Crippen LogP contribution in [0.25, 0.3) is 0 Å². The fourth-order valence-corrected chi connectivity index (χ4v) is 2.15. The lowest BCUT2D eigenvalue weighted by molar-refractivity contribution is -0.143. The second-order valence-electron chi connectivity index (χ2n) is 5.60. The summed E-state index contributed by atoms with van der Waals surface area (Å²) in [7, 11) is 1.63. The molecule has 1 saturated heterocycles. The Balaban J connectivity index is 2.70. The minimum Gasteiger partial charge on any atom is -0.480 e. The topological polar surface area (TPSA) is 78.9 Å². The molecule has 0 bridgehead atoms. The predicted molar refractivity (Wildman–Crippen MR) is 71.1 cm³/mol. The molecule has 1 fully saturated rings.